The zero-order valence-electron chi connectivity index (χ0n) is 21.0. The number of rotatable bonds is 11. The van der Waals surface area contributed by atoms with Crippen LogP contribution in [-0.2, 0) is 24.0 Å². The summed E-state index contributed by atoms with van der Waals surface area (Å²) in [6, 6.07) is 15.3. The third-order valence-electron chi connectivity index (χ3n) is 6.46. The summed E-state index contributed by atoms with van der Waals surface area (Å²) in [6.07, 6.45) is 4.57. The number of carbonyl (C=O) groups is 2. The van der Waals surface area contributed by atoms with Crippen molar-refractivity contribution in [3.63, 3.8) is 0 Å². The van der Waals surface area contributed by atoms with Gasteiger partial charge in [-0.1, -0.05) is 37.3 Å². The van der Waals surface area contributed by atoms with Crippen molar-refractivity contribution < 1.29 is 14.3 Å². The van der Waals surface area contributed by atoms with Crippen LogP contribution in [0.5, 0.6) is 0 Å². The molecule has 1 aliphatic carbocycles. The summed E-state index contributed by atoms with van der Waals surface area (Å²) in [5, 5.41) is 4.34. The molecule has 2 aromatic carbocycles. The van der Waals surface area contributed by atoms with Gasteiger partial charge < -0.3 is 15.8 Å². The van der Waals surface area contributed by atoms with E-state index in [0.29, 0.717) is 36.7 Å². The lowest BCUT2D eigenvalue weighted by Gasteiger charge is -2.21. The molecule has 0 saturated carbocycles. The molecule has 4 rings (SSSR count). The Labute approximate surface area is 216 Å². The molecule has 0 bridgehead atoms. The highest BCUT2D eigenvalue weighted by atomic mass is 32.1. The van der Waals surface area contributed by atoms with Gasteiger partial charge in [0.05, 0.1) is 18.8 Å². The number of carbonyl (C=O) groups excluding carboxylic acids is 2. The highest BCUT2D eigenvalue weighted by Crippen LogP contribution is 2.33. The molecule has 1 heterocycles. The first-order chi connectivity index (χ1) is 17.5. The van der Waals surface area contributed by atoms with Crippen molar-refractivity contribution >= 4 is 28.3 Å². The Hall–Kier alpha value is -3.07. The minimum atomic E-state index is -0.455. The van der Waals surface area contributed by atoms with Gasteiger partial charge in [-0.3, -0.25) is 14.5 Å². The van der Waals surface area contributed by atoms with E-state index < -0.39 is 5.91 Å². The van der Waals surface area contributed by atoms with Crippen LogP contribution >= 0.6 is 11.3 Å². The standard InChI is InChI=1S/C28H34N4O3S/c1-3-13-30-22-11-12-24-25(18-22)36-28(31-24)32(14-15-35-2)27(34)21-9-6-7-19(17-21)16-20-8-4-5-10-23(20)26(29)33/h4-10,17,22,30H,3,11-16,18H2,1-2H3,(H2,29,33)/t22-/m0/s1. The number of nitrogens with zero attached hydrogens (tertiary/aromatic N) is 2. The van der Waals surface area contributed by atoms with Crippen LogP contribution in [0, 0.1) is 0 Å². The summed E-state index contributed by atoms with van der Waals surface area (Å²) in [7, 11) is 1.64. The Morgan fingerprint density at radius 2 is 2.06 bits per heavy atom. The molecule has 36 heavy (non-hydrogen) atoms. The van der Waals surface area contributed by atoms with Crippen LogP contribution in [-0.4, -0.2) is 49.6 Å². The lowest BCUT2D eigenvalue weighted by Crippen LogP contribution is -2.34. The summed E-state index contributed by atoms with van der Waals surface area (Å²) in [5.41, 5.74) is 9.51. The normalized spacial score (nSPS) is 14.9. The summed E-state index contributed by atoms with van der Waals surface area (Å²) >= 11 is 1.61. The number of methoxy groups -OCH3 is 1. The first-order valence-corrected chi connectivity index (χ1v) is 13.3. The second kappa shape index (κ2) is 12.3. The number of nitrogens with one attached hydrogen (secondary N) is 1. The van der Waals surface area contributed by atoms with Gasteiger partial charge in [0.15, 0.2) is 5.13 Å². The zero-order chi connectivity index (χ0) is 25.5. The number of hydrogen-bond donors (Lipinski definition) is 2. The van der Waals surface area contributed by atoms with Crippen molar-refractivity contribution in [3.8, 4) is 0 Å². The van der Waals surface area contributed by atoms with Gasteiger partial charge in [-0.2, -0.15) is 0 Å². The number of benzene rings is 2. The minimum absolute atomic E-state index is 0.108. The molecular formula is C28H34N4O3S. The lowest BCUT2D eigenvalue weighted by atomic mass is 9.97. The van der Waals surface area contributed by atoms with Crippen LogP contribution in [0.15, 0.2) is 48.5 Å². The fraction of sp³-hybridized carbons (Fsp3) is 0.393. The van der Waals surface area contributed by atoms with Crippen LogP contribution in [0.1, 0.15) is 62.2 Å². The number of aromatic nitrogens is 1. The van der Waals surface area contributed by atoms with E-state index in [1.807, 2.05) is 36.4 Å². The number of fused-ring (bicyclic) bond motifs is 1. The van der Waals surface area contributed by atoms with Gasteiger partial charge >= 0.3 is 0 Å². The second-order valence-electron chi connectivity index (χ2n) is 9.11. The van der Waals surface area contributed by atoms with Crippen LogP contribution in [0.2, 0.25) is 0 Å². The van der Waals surface area contributed by atoms with Crippen molar-refractivity contribution in [3.05, 3.63) is 81.4 Å². The van der Waals surface area contributed by atoms with Crippen molar-refractivity contribution in [1.82, 2.24) is 10.3 Å². The molecule has 1 aromatic heterocycles. The molecule has 1 atom stereocenters. The number of nitrogens with two attached hydrogens (primary N) is 1. The van der Waals surface area contributed by atoms with Crippen LogP contribution in [0.4, 0.5) is 5.13 Å². The summed E-state index contributed by atoms with van der Waals surface area (Å²) < 4.78 is 5.31. The molecule has 7 nitrogen and oxygen atoms in total. The van der Waals surface area contributed by atoms with Gasteiger partial charge in [0, 0.05) is 29.2 Å². The van der Waals surface area contributed by atoms with Gasteiger partial charge in [-0.05, 0) is 68.0 Å². The topological polar surface area (TPSA) is 97.6 Å². The maximum atomic E-state index is 13.7. The average Bonchev–Trinajstić information content (AvgIpc) is 3.31. The van der Waals surface area contributed by atoms with Crippen LogP contribution in [0.25, 0.3) is 0 Å². The average molecular weight is 507 g/mol. The first-order valence-electron chi connectivity index (χ1n) is 12.5. The van der Waals surface area contributed by atoms with Crippen molar-refractivity contribution in [2.45, 2.75) is 45.1 Å². The van der Waals surface area contributed by atoms with E-state index >= 15 is 0 Å². The van der Waals surface area contributed by atoms with Crippen molar-refractivity contribution in [2.24, 2.45) is 5.73 Å². The maximum Gasteiger partial charge on any atom is 0.260 e. The molecule has 3 aromatic rings. The van der Waals surface area contributed by atoms with Gasteiger partial charge in [0.25, 0.3) is 5.91 Å². The van der Waals surface area contributed by atoms with Gasteiger partial charge in [-0.15, -0.1) is 11.3 Å². The molecule has 0 fully saturated rings. The molecule has 0 unspecified atom stereocenters. The molecule has 1 aliphatic rings. The Morgan fingerprint density at radius 3 is 2.83 bits per heavy atom. The molecule has 8 heteroatoms. The zero-order valence-corrected chi connectivity index (χ0v) is 21.8. The summed E-state index contributed by atoms with van der Waals surface area (Å²) in [4.78, 5) is 33.4. The molecular weight excluding hydrogens is 472 g/mol. The molecule has 0 radical (unpaired) electrons. The minimum Gasteiger partial charge on any atom is -0.383 e. The molecule has 190 valence electrons. The van der Waals surface area contributed by atoms with E-state index in [1.54, 1.807) is 35.5 Å². The van der Waals surface area contributed by atoms with E-state index in [0.717, 1.165) is 54.2 Å². The Morgan fingerprint density at radius 1 is 1.22 bits per heavy atom. The maximum absolute atomic E-state index is 13.7. The number of primary amides is 1. The monoisotopic (exact) mass is 506 g/mol. The fourth-order valence-electron chi connectivity index (χ4n) is 4.57. The van der Waals surface area contributed by atoms with Crippen LogP contribution < -0.4 is 16.0 Å². The number of hydrogen-bond acceptors (Lipinski definition) is 6. The van der Waals surface area contributed by atoms with Gasteiger partial charge in [-0.25, -0.2) is 4.98 Å². The lowest BCUT2D eigenvalue weighted by molar-refractivity contribution is 0.0973. The highest BCUT2D eigenvalue weighted by molar-refractivity contribution is 7.16. The largest absolute Gasteiger partial charge is 0.383 e. The number of thiazole rings is 1. The quantitative estimate of drug-likeness (QED) is 0.410. The van der Waals surface area contributed by atoms with E-state index in [4.69, 9.17) is 15.5 Å². The van der Waals surface area contributed by atoms with E-state index in [9.17, 15) is 9.59 Å². The Balaban J connectivity index is 1.56. The molecule has 0 aliphatic heterocycles. The predicted molar refractivity (Wildman–Crippen MR) is 144 cm³/mol. The molecule has 0 spiro atoms. The number of anilines is 1. The smallest absolute Gasteiger partial charge is 0.260 e. The number of ether oxygens (including phenoxy) is 1. The third-order valence-corrected chi connectivity index (χ3v) is 7.60. The number of amides is 2. The van der Waals surface area contributed by atoms with Crippen molar-refractivity contribution in [2.75, 3.05) is 31.7 Å². The molecule has 0 saturated heterocycles. The fourth-order valence-corrected chi connectivity index (χ4v) is 5.78. The van der Waals surface area contributed by atoms with E-state index in [1.165, 1.54) is 4.88 Å². The summed E-state index contributed by atoms with van der Waals surface area (Å²) in [5.74, 6) is -0.563. The van der Waals surface area contributed by atoms with Gasteiger partial charge in [0.2, 0.25) is 5.91 Å². The predicted octanol–water partition coefficient (Wildman–Crippen LogP) is 3.98. The van der Waals surface area contributed by atoms with Crippen molar-refractivity contribution in [1.29, 1.82) is 0 Å². The third kappa shape index (κ3) is 6.19. The van der Waals surface area contributed by atoms with Crippen LogP contribution in [0.3, 0.4) is 0 Å². The SMILES string of the molecule is CCCN[C@H]1CCc2nc(N(CCOC)C(=O)c3cccc(Cc4ccccc4C(N)=O)c3)sc2C1. The Bertz CT molecular complexity index is 1210. The highest BCUT2D eigenvalue weighted by Gasteiger charge is 2.27. The molecule has 3 N–H and O–H groups in total. The Kier molecular flexibility index (Phi) is 8.85. The molecule has 2 amide bonds. The van der Waals surface area contributed by atoms with E-state index in [-0.39, 0.29) is 5.91 Å². The number of aryl methyl sites for hydroxylation is 1. The van der Waals surface area contributed by atoms with Gasteiger partial charge in [0.1, 0.15) is 0 Å². The second-order valence-corrected chi connectivity index (χ2v) is 10.2. The summed E-state index contributed by atoms with van der Waals surface area (Å²) in [6.45, 7) is 4.04. The van der Waals surface area contributed by atoms with E-state index in [2.05, 4.69) is 12.2 Å². The first kappa shape index (κ1) is 26.0.